The summed E-state index contributed by atoms with van der Waals surface area (Å²) in [7, 11) is 0. The zero-order chi connectivity index (χ0) is 9.83. The highest BCUT2D eigenvalue weighted by molar-refractivity contribution is 6.04. The molecule has 0 aliphatic rings. The van der Waals surface area contributed by atoms with Crippen LogP contribution in [0.5, 0.6) is 0 Å². The molecule has 4 aromatic rings. The second-order valence-electron chi connectivity index (χ2n) is 3.54. The summed E-state index contributed by atoms with van der Waals surface area (Å²) in [4.78, 5) is 7.76. The van der Waals surface area contributed by atoms with Gasteiger partial charge in [-0.15, -0.1) is 0 Å². The predicted molar refractivity (Wildman–Crippen MR) is 56.8 cm³/mol. The summed E-state index contributed by atoms with van der Waals surface area (Å²) in [5.74, 6) is 0.627. The monoisotopic (exact) mass is 197 g/mol. The first kappa shape index (κ1) is 7.11. The van der Waals surface area contributed by atoms with Crippen LogP contribution in [0.3, 0.4) is 0 Å². The van der Waals surface area contributed by atoms with Crippen LogP contribution in [0.2, 0.25) is 0 Å². The highest BCUT2D eigenvalue weighted by Crippen LogP contribution is 2.25. The summed E-state index contributed by atoms with van der Waals surface area (Å²) >= 11 is 0. The predicted octanol–water partition coefficient (Wildman–Crippen LogP) is 2.56. The standard InChI is InChI=1S/C11H7N3O/c1-2-4-8-7(3-1)9-10(12-8)14-5-6-15-11(14)13-9/h1-6,12H. The molecule has 0 bridgehead atoms. The van der Waals surface area contributed by atoms with Crippen LogP contribution in [0.15, 0.2) is 41.1 Å². The number of hydrogen-bond donors (Lipinski definition) is 1. The van der Waals surface area contributed by atoms with Crippen molar-refractivity contribution in [3.8, 4) is 0 Å². The van der Waals surface area contributed by atoms with E-state index in [4.69, 9.17) is 4.42 Å². The highest BCUT2D eigenvalue weighted by Gasteiger charge is 2.11. The summed E-state index contributed by atoms with van der Waals surface area (Å²) < 4.78 is 7.15. The molecular formula is C11H7N3O. The number of nitrogens with one attached hydrogen (secondary N) is 1. The molecule has 3 heterocycles. The minimum Gasteiger partial charge on any atom is -0.432 e. The second kappa shape index (κ2) is 2.23. The first-order valence-corrected chi connectivity index (χ1v) is 4.75. The number of oxazole rings is 1. The molecule has 0 aliphatic carbocycles. The Balaban J connectivity index is 2.39. The van der Waals surface area contributed by atoms with Gasteiger partial charge in [0.25, 0.3) is 0 Å². The molecule has 0 atom stereocenters. The third-order valence-electron chi connectivity index (χ3n) is 2.70. The van der Waals surface area contributed by atoms with Crippen molar-refractivity contribution in [2.45, 2.75) is 0 Å². The molecule has 0 unspecified atom stereocenters. The van der Waals surface area contributed by atoms with Gasteiger partial charge in [-0.3, -0.25) is 4.40 Å². The molecule has 0 spiro atoms. The van der Waals surface area contributed by atoms with E-state index in [0.29, 0.717) is 5.84 Å². The molecule has 1 aromatic carbocycles. The van der Waals surface area contributed by atoms with E-state index in [1.54, 1.807) is 6.26 Å². The summed E-state index contributed by atoms with van der Waals surface area (Å²) in [6.07, 6.45) is 3.49. The van der Waals surface area contributed by atoms with Crippen LogP contribution in [0.1, 0.15) is 0 Å². The van der Waals surface area contributed by atoms with E-state index < -0.39 is 0 Å². The van der Waals surface area contributed by atoms with Crippen molar-refractivity contribution in [2.24, 2.45) is 0 Å². The fraction of sp³-hybridized carbons (Fsp3) is 0. The zero-order valence-electron chi connectivity index (χ0n) is 7.77. The van der Waals surface area contributed by atoms with Crippen LogP contribution in [0.4, 0.5) is 0 Å². The highest BCUT2D eigenvalue weighted by atomic mass is 16.3. The SMILES string of the molecule is c1ccc2c(c1)[nH]c1c2nc2occn21. The topological polar surface area (TPSA) is 46.2 Å². The van der Waals surface area contributed by atoms with E-state index >= 15 is 0 Å². The summed E-state index contributed by atoms with van der Waals surface area (Å²) in [5.41, 5.74) is 3.05. The van der Waals surface area contributed by atoms with Gasteiger partial charge in [-0.1, -0.05) is 18.2 Å². The molecule has 4 rings (SSSR count). The maximum absolute atomic E-state index is 5.24. The van der Waals surface area contributed by atoms with Gasteiger partial charge < -0.3 is 9.40 Å². The second-order valence-corrected chi connectivity index (χ2v) is 3.54. The normalized spacial score (nSPS) is 12.0. The molecule has 0 radical (unpaired) electrons. The maximum Gasteiger partial charge on any atom is 0.307 e. The Hall–Kier alpha value is -2.23. The Morgan fingerprint density at radius 1 is 1.27 bits per heavy atom. The lowest BCUT2D eigenvalue weighted by Crippen LogP contribution is -1.76. The third kappa shape index (κ3) is 0.747. The van der Waals surface area contributed by atoms with Gasteiger partial charge in [0.15, 0.2) is 0 Å². The van der Waals surface area contributed by atoms with Gasteiger partial charge >= 0.3 is 5.84 Å². The Labute approximate surface area is 84.1 Å². The van der Waals surface area contributed by atoms with E-state index in [1.807, 2.05) is 28.8 Å². The van der Waals surface area contributed by atoms with Gasteiger partial charge in [-0.2, -0.15) is 4.98 Å². The summed E-state index contributed by atoms with van der Waals surface area (Å²) in [5, 5.41) is 1.13. The van der Waals surface area contributed by atoms with Crippen LogP contribution >= 0.6 is 0 Å². The fourth-order valence-electron chi connectivity index (χ4n) is 2.02. The van der Waals surface area contributed by atoms with Gasteiger partial charge in [0.1, 0.15) is 17.4 Å². The van der Waals surface area contributed by atoms with Gasteiger partial charge in [-0.25, -0.2) is 0 Å². The van der Waals surface area contributed by atoms with Crippen LogP contribution < -0.4 is 0 Å². The molecule has 1 N–H and O–H groups in total. The largest absolute Gasteiger partial charge is 0.432 e. The van der Waals surface area contributed by atoms with Crippen molar-refractivity contribution < 1.29 is 4.42 Å². The van der Waals surface area contributed by atoms with Crippen molar-refractivity contribution >= 4 is 27.9 Å². The van der Waals surface area contributed by atoms with Crippen molar-refractivity contribution in [3.05, 3.63) is 36.7 Å². The Kier molecular flexibility index (Phi) is 1.06. The van der Waals surface area contributed by atoms with Gasteiger partial charge in [-0.05, 0) is 6.07 Å². The molecule has 15 heavy (non-hydrogen) atoms. The Morgan fingerprint density at radius 2 is 2.20 bits per heavy atom. The van der Waals surface area contributed by atoms with Crippen molar-refractivity contribution in [1.29, 1.82) is 0 Å². The number of para-hydroxylation sites is 1. The Bertz CT molecular complexity index is 774. The molecule has 0 aliphatic heterocycles. The van der Waals surface area contributed by atoms with Crippen LogP contribution in [0.25, 0.3) is 27.9 Å². The zero-order valence-corrected chi connectivity index (χ0v) is 7.77. The summed E-state index contributed by atoms with van der Waals surface area (Å²) in [6, 6.07) is 8.12. The van der Waals surface area contributed by atoms with E-state index in [1.165, 1.54) is 0 Å². The van der Waals surface area contributed by atoms with Crippen LogP contribution in [-0.4, -0.2) is 14.4 Å². The molecule has 4 heteroatoms. The van der Waals surface area contributed by atoms with Gasteiger partial charge in [0.05, 0.1) is 6.20 Å². The van der Waals surface area contributed by atoms with Gasteiger partial charge in [0, 0.05) is 10.9 Å². The minimum atomic E-state index is 0.627. The number of rotatable bonds is 0. The van der Waals surface area contributed by atoms with Crippen molar-refractivity contribution in [2.75, 3.05) is 0 Å². The lowest BCUT2D eigenvalue weighted by molar-refractivity contribution is 0.597. The van der Waals surface area contributed by atoms with Gasteiger partial charge in [0.2, 0.25) is 0 Å². The number of aromatic amines is 1. The van der Waals surface area contributed by atoms with Crippen molar-refractivity contribution in [1.82, 2.24) is 14.4 Å². The number of H-pyrrole nitrogens is 1. The van der Waals surface area contributed by atoms with Crippen molar-refractivity contribution in [3.63, 3.8) is 0 Å². The maximum atomic E-state index is 5.24. The average Bonchev–Trinajstić information content (AvgIpc) is 2.87. The molecule has 4 nitrogen and oxygen atoms in total. The van der Waals surface area contributed by atoms with Crippen LogP contribution in [0, 0.1) is 0 Å². The van der Waals surface area contributed by atoms with E-state index in [2.05, 4.69) is 16.0 Å². The molecular weight excluding hydrogens is 190 g/mol. The molecule has 0 saturated heterocycles. The number of nitrogens with zero attached hydrogens (tertiary/aromatic N) is 2. The summed E-state index contributed by atoms with van der Waals surface area (Å²) in [6.45, 7) is 0. The molecule has 0 saturated carbocycles. The van der Waals surface area contributed by atoms with E-state index in [0.717, 1.165) is 22.1 Å². The molecule has 3 aromatic heterocycles. The Morgan fingerprint density at radius 3 is 3.20 bits per heavy atom. The minimum absolute atomic E-state index is 0.627. The fourth-order valence-corrected chi connectivity index (χ4v) is 2.02. The number of fused-ring (bicyclic) bond motifs is 5. The first-order chi connectivity index (χ1) is 7.43. The first-order valence-electron chi connectivity index (χ1n) is 4.75. The van der Waals surface area contributed by atoms with Crippen LogP contribution in [-0.2, 0) is 0 Å². The number of aromatic nitrogens is 3. The third-order valence-corrected chi connectivity index (χ3v) is 2.70. The molecule has 0 amide bonds. The average molecular weight is 197 g/mol. The molecule has 72 valence electrons. The smallest absolute Gasteiger partial charge is 0.307 e. The molecule has 0 fully saturated rings. The van der Waals surface area contributed by atoms with E-state index in [9.17, 15) is 0 Å². The number of hydrogen-bond acceptors (Lipinski definition) is 2. The quantitative estimate of drug-likeness (QED) is 0.471. The number of imidazole rings is 1. The lowest BCUT2D eigenvalue weighted by atomic mass is 10.2. The lowest BCUT2D eigenvalue weighted by Gasteiger charge is -1.85. The number of benzene rings is 1. The van der Waals surface area contributed by atoms with E-state index in [-0.39, 0.29) is 0 Å².